The molecular formula is C17H24O3. The molecule has 0 bridgehead atoms. The maximum atomic E-state index is 12.2. The van der Waals surface area contributed by atoms with E-state index >= 15 is 0 Å². The smallest absolute Gasteiger partial charge is 0.169 e. The van der Waals surface area contributed by atoms with Crippen molar-refractivity contribution in [2.24, 2.45) is 5.92 Å². The van der Waals surface area contributed by atoms with E-state index in [1.807, 2.05) is 40.7 Å². The fourth-order valence-corrected chi connectivity index (χ4v) is 1.88. The highest BCUT2D eigenvalue weighted by Crippen LogP contribution is 2.30. The third-order valence-corrected chi connectivity index (χ3v) is 3.34. The van der Waals surface area contributed by atoms with Crippen LogP contribution in [0.1, 0.15) is 50.0 Å². The quantitative estimate of drug-likeness (QED) is 0.623. The molecule has 0 saturated heterocycles. The van der Waals surface area contributed by atoms with E-state index in [1.165, 1.54) is 11.6 Å². The number of phenols is 1. The first-order valence-corrected chi connectivity index (χ1v) is 7.00. The molecule has 0 aliphatic carbocycles. The summed E-state index contributed by atoms with van der Waals surface area (Å²) >= 11 is 0. The third kappa shape index (κ3) is 4.12. The second-order valence-electron chi connectivity index (χ2n) is 5.40. The van der Waals surface area contributed by atoms with Gasteiger partial charge in [-0.1, -0.05) is 19.4 Å². The monoisotopic (exact) mass is 276 g/mol. The van der Waals surface area contributed by atoms with Crippen LogP contribution in [0.2, 0.25) is 0 Å². The van der Waals surface area contributed by atoms with Crippen molar-refractivity contribution in [3.8, 4) is 11.5 Å². The lowest BCUT2D eigenvalue weighted by Crippen LogP contribution is -2.12. The lowest BCUT2D eigenvalue weighted by atomic mass is 9.93. The molecule has 0 heterocycles. The van der Waals surface area contributed by atoms with Gasteiger partial charge in [-0.2, -0.15) is 0 Å². The van der Waals surface area contributed by atoms with Crippen LogP contribution in [-0.4, -0.2) is 17.5 Å². The molecule has 0 aliphatic heterocycles. The van der Waals surface area contributed by atoms with Crippen LogP contribution in [0.3, 0.4) is 0 Å². The van der Waals surface area contributed by atoms with Gasteiger partial charge in [0.1, 0.15) is 18.1 Å². The first-order valence-electron chi connectivity index (χ1n) is 7.00. The van der Waals surface area contributed by atoms with Gasteiger partial charge in [-0.15, -0.1) is 0 Å². The average molecular weight is 276 g/mol. The summed E-state index contributed by atoms with van der Waals surface area (Å²) in [6.07, 6.45) is 2.72. The van der Waals surface area contributed by atoms with Crippen LogP contribution < -0.4 is 4.74 Å². The first kappa shape index (κ1) is 16.3. The summed E-state index contributed by atoms with van der Waals surface area (Å²) < 4.78 is 5.55. The van der Waals surface area contributed by atoms with E-state index in [0.29, 0.717) is 17.9 Å². The maximum absolute atomic E-state index is 12.2. The van der Waals surface area contributed by atoms with Gasteiger partial charge in [-0.3, -0.25) is 4.79 Å². The van der Waals surface area contributed by atoms with E-state index in [2.05, 4.69) is 0 Å². The average Bonchev–Trinajstić information content (AvgIpc) is 2.36. The Labute approximate surface area is 121 Å². The summed E-state index contributed by atoms with van der Waals surface area (Å²) in [6, 6.07) is 3.32. The van der Waals surface area contributed by atoms with Crippen LogP contribution in [0, 0.1) is 12.8 Å². The summed E-state index contributed by atoms with van der Waals surface area (Å²) in [7, 11) is 0. The Hall–Kier alpha value is -1.77. The first-order chi connectivity index (χ1) is 9.36. The van der Waals surface area contributed by atoms with Crippen molar-refractivity contribution in [3.05, 3.63) is 34.9 Å². The fourth-order valence-electron chi connectivity index (χ4n) is 1.88. The predicted octanol–water partition coefficient (Wildman–Crippen LogP) is 4.27. The number of Topliss-reactive ketones (excluding diaryl/α,β-unsaturated/α-hetero) is 1. The van der Waals surface area contributed by atoms with Crippen molar-refractivity contribution in [1.82, 2.24) is 0 Å². The van der Waals surface area contributed by atoms with Crippen LogP contribution in [-0.2, 0) is 0 Å². The summed E-state index contributed by atoms with van der Waals surface area (Å²) in [4.78, 5) is 12.2. The number of ketones is 1. The molecule has 0 aromatic heterocycles. The molecule has 0 aliphatic rings. The Morgan fingerprint density at radius 1 is 1.40 bits per heavy atom. The van der Waals surface area contributed by atoms with Gasteiger partial charge in [0.05, 0.1) is 5.56 Å². The Balaban J connectivity index is 2.97. The molecule has 0 fully saturated rings. The zero-order valence-corrected chi connectivity index (χ0v) is 13.0. The van der Waals surface area contributed by atoms with Crippen LogP contribution in [0.25, 0.3) is 0 Å². The minimum absolute atomic E-state index is 0.00231. The van der Waals surface area contributed by atoms with Crippen molar-refractivity contribution in [1.29, 1.82) is 0 Å². The van der Waals surface area contributed by atoms with Crippen molar-refractivity contribution in [3.63, 3.8) is 0 Å². The Morgan fingerprint density at radius 3 is 2.55 bits per heavy atom. The number of allylic oxidation sites excluding steroid dienone is 1. The molecule has 0 spiro atoms. The highest BCUT2D eigenvalue weighted by molar-refractivity contribution is 6.01. The van der Waals surface area contributed by atoms with E-state index in [0.717, 1.165) is 12.0 Å². The van der Waals surface area contributed by atoms with Crippen LogP contribution in [0.15, 0.2) is 23.8 Å². The van der Waals surface area contributed by atoms with Gasteiger partial charge in [-0.25, -0.2) is 0 Å². The second-order valence-corrected chi connectivity index (χ2v) is 5.40. The summed E-state index contributed by atoms with van der Waals surface area (Å²) in [5.74, 6) is 0.482. The van der Waals surface area contributed by atoms with Gasteiger partial charge in [0, 0.05) is 12.0 Å². The van der Waals surface area contributed by atoms with Gasteiger partial charge in [-0.05, 0) is 44.9 Å². The molecule has 1 rings (SSSR count). The SMILES string of the molecule is CCC(C)C(=O)c1c(C)cc(OCC=C(C)C)cc1O. The van der Waals surface area contributed by atoms with Crippen LogP contribution in [0.4, 0.5) is 0 Å². The van der Waals surface area contributed by atoms with Crippen molar-refractivity contribution < 1.29 is 14.6 Å². The Morgan fingerprint density at radius 2 is 2.05 bits per heavy atom. The van der Waals surface area contributed by atoms with Crippen molar-refractivity contribution in [2.75, 3.05) is 6.61 Å². The predicted molar refractivity (Wildman–Crippen MR) is 81.6 cm³/mol. The summed E-state index contributed by atoms with van der Waals surface area (Å²) in [6.45, 7) is 10.1. The van der Waals surface area contributed by atoms with E-state index in [1.54, 1.807) is 6.07 Å². The molecule has 1 aromatic carbocycles. The Bertz CT molecular complexity index is 488. The molecule has 0 amide bonds. The van der Waals surface area contributed by atoms with E-state index in [4.69, 9.17) is 4.74 Å². The number of aryl methyl sites for hydroxylation is 1. The van der Waals surface area contributed by atoms with Crippen LogP contribution >= 0.6 is 0 Å². The second kappa shape index (κ2) is 7.13. The molecule has 0 saturated carbocycles. The molecule has 3 nitrogen and oxygen atoms in total. The zero-order chi connectivity index (χ0) is 15.3. The summed E-state index contributed by atoms with van der Waals surface area (Å²) in [5, 5.41) is 10.1. The minimum atomic E-state index is -0.0861. The van der Waals surface area contributed by atoms with E-state index < -0.39 is 0 Å². The van der Waals surface area contributed by atoms with Gasteiger partial charge < -0.3 is 9.84 Å². The number of hydrogen-bond acceptors (Lipinski definition) is 3. The molecule has 1 aromatic rings. The molecule has 1 atom stereocenters. The highest BCUT2D eigenvalue weighted by atomic mass is 16.5. The fraction of sp³-hybridized carbons (Fsp3) is 0.471. The molecule has 1 unspecified atom stereocenters. The minimum Gasteiger partial charge on any atom is -0.507 e. The topological polar surface area (TPSA) is 46.5 Å². The Kier molecular flexibility index (Phi) is 5.81. The van der Waals surface area contributed by atoms with Crippen molar-refractivity contribution >= 4 is 5.78 Å². The lowest BCUT2D eigenvalue weighted by molar-refractivity contribution is 0.0924. The largest absolute Gasteiger partial charge is 0.507 e. The normalized spacial score (nSPS) is 11.8. The van der Waals surface area contributed by atoms with Crippen molar-refractivity contribution in [2.45, 2.75) is 41.0 Å². The molecular weight excluding hydrogens is 252 g/mol. The molecule has 1 N–H and O–H groups in total. The molecule has 3 heteroatoms. The third-order valence-electron chi connectivity index (χ3n) is 3.34. The lowest BCUT2D eigenvalue weighted by Gasteiger charge is -2.14. The molecule has 0 radical (unpaired) electrons. The van der Waals surface area contributed by atoms with Gasteiger partial charge in [0.15, 0.2) is 5.78 Å². The number of ether oxygens (including phenoxy) is 1. The molecule has 20 heavy (non-hydrogen) atoms. The maximum Gasteiger partial charge on any atom is 0.169 e. The zero-order valence-electron chi connectivity index (χ0n) is 13.0. The number of carbonyl (C=O) groups is 1. The summed E-state index contributed by atoms with van der Waals surface area (Å²) in [5.41, 5.74) is 2.34. The molecule has 110 valence electrons. The van der Waals surface area contributed by atoms with Gasteiger partial charge in [0.25, 0.3) is 0 Å². The number of aromatic hydroxyl groups is 1. The van der Waals surface area contributed by atoms with Gasteiger partial charge >= 0.3 is 0 Å². The van der Waals surface area contributed by atoms with Crippen LogP contribution in [0.5, 0.6) is 11.5 Å². The number of rotatable bonds is 6. The standard InChI is InChI=1S/C17H24O3/c1-6-12(4)17(19)16-13(5)9-14(10-15(16)18)20-8-7-11(2)3/h7,9-10,12,18H,6,8H2,1-5H3. The van der Waals surface area contributed by atoms with E-state index in [-0.39, 0.29) is 17.5 Å². The van der Waals surface area contributed by atoms with E-state index in [9.17, 15) is 9.90 Å². The number of benzene rings is 1. The highest BCUT2D eigenvalue weighted by Gasteiger charge is 2.20. The number of carbonyl (C=O) groups excluding carboxylic acids is 1. The number of phenolic OH excluding ortho intramolecular Hbond substituents is 1. The number of hydrogen-bond donors (Lipinski definition) is 1. The van der Waals surface area contributed by atoms with Gasteiger partial charge in [0.2, 0.25) is 0 Å².